The molecule has 2 rings (SSSR count). The van der Waals surface area contributed by atoms with Crippen molar-refractivity contribution in [2.75, 3.05) is 37.6 Å². The molecule has 0 amide bonds. The van der Waals surface area contributed by atoms with Crippen LogP contribution in [0.25, 0.3) is 0 Å². The Kier molecular flexibility index (Phi) is 4.61. The summed E-state index contributed by atoms with van der Waals surface area (Å²) in [6.07, 6.45) is 0.668. The lowest BCUT2D eigenvalue weighted by Crippen LogP contribution is -2.46. The normalized spacial score (nSPS) is 16.9. The number of carbonyl (C=O) groups excluding carboxylic acids is 1. The molecule has 0 spiro atoms. The van der Waals surface area contributed by atoms with Gasteiger partial charge in [-0.1, -0.05) is 11.6 Å². The van der Waals surface area contributed by atoms with Crippen molar-refractivity contribution >= 4 is 23.1 Å². The van der Waals surface area contributed by atoms with Gasteiger partial charge in [-0.25, -0.2) is 0 Å². The second-order valence-electron chi connectivity index (χ2n) is 4.76. The number of Topliss-reactive ketones (excluding diaryl/α,β-unsaturated/α-hetero) is 1. The number of rotatable bonds is 4. The summed E-state index contributed by atoms with van der Waals surface area (Å²) >= 11 is 5.89. The van der Waals surface area contributed by atoms with Crippen molar-refractivity contribution in [2.24, 2.45) is 0 Å². The molecular formula is C14H19ClN2O. The average Bonchev–Trinajstić information content (AvgIpc) is 2.38. The van der Waals surface area contributed by atoms with Crippen LogP contribution in [-0.2, 0) is 4.79 Å². The second kappa shape index (κ2) is 6.21. The van der Waals surface area contributed by atoms with Gasteiger partial charge in [-0.05, 0) is 31.2 Å². The first-order valence-electron chi connectivity index (χ1n) is 6.37. The SMILES string of the molecule is CC(=O)CCN1CCN(c2ccc(Cl)cc2)CC1. The molecule has 0 N–H and O–H groups in total. The van der Waals surface area contributed by atoms with Crippen LogP contribution in [0, 0.1) is 0 Å². The molecule has 0 bridgehead atoms. The van der Waals surface area contributed by atoms with Gasteiger partial charge in [-0.2, -0.15) is 0 Å². The third-order valence-electron chi connectivity index (χ3n) is 3.34. The number of carbonyl (C=O) groups is 1. The van der Waals surface area contributed by atoms with Crippen LogP contribution in [0.3, 0.4) is 0 Å². The minimum Gasteiger partial charge on any atom is -0.369 e. The average molecular weight is 267 g/mol. The first-order chi connectivity index (χ1) is 8.65. The second-order valence-corrected chi connectivity index (χ2v) is 5.19. The molecule has 3 nitrogen and oxygen atoms in total. The molecule has 1 saturated heterocycles. The van der Waals surface area contributed by atoms with Crippen LogP contribution in [0.4, 0.5) is 5.69 Å². The summed E-state index contributed by atoms with van der Waals surface area (Å²) in [7, 11) is 0. The van der Waals surface area contributed by atoms with E-state index in [-0.39, 0.29) is 5.78 Å². The molecule has 1 fully saturated rings. The van der Waals surface area contributed by atoms with Crippen molar-refractivity contribution in [2.45, 2.75) is 13.3 Å². The molecule has 0 saturated carbocycles. The van der Waals surface area contributed by atoms with E-state index in [0.717, 1.165) is 37.7 Å². The van der Waals surface area contributed by atoms with Gasteiger partial charge >= 0.3 is 0 Å². The minimum atomic E-state index is 0.273. The highest BCUT2D eigenvalue weighted by atomic mass is 35.5. The fourth-order valence-corrected chi connectivity index (χ4v) is 2.32. The number of anilines is 1. The van der Waals surface area contributed by atoms with Crippen molar-refractivity contribution in [3.63, 3.8) is 0 Å². The Morgan fingerprint density at radius 3 is 2.33 bits per heavy atom. The quantitative estimate of drug-likeness (QED) is 0.836. The molecule has 1 heterocycles. The van der Waals surface area contributed by atoms with E-state index in [0.29, 0.717) is 6.42 Å². The van der Waals surface area contributed by atoms with Crippen LogP contribution >= 0.6 is 11.6 Å². The van der Waals surface area contributed by atoms with Gasteiger partial charge < -0.3 is 4.90 Å². The molecule has 0 aromatic heterocycles. The van der Waals surface area contributed by atoms with Crippen LogP contribution in [0.15, 0.2) is 24.3 Å². The molecule has 0 aliphatic carbocycles. The van der Waals surface area contributed by atoms with E-state index >= 15 is 0 Å². The zero-order chi connectivity index (χ0) is 13.0. The molecule has 0 radical (unpaired) electrons. The molecule has 4 heteroatoms. The molecule has 98 valence electrons. The van der Waals surface area contributed by atoms with Crippen molar-refractivity contribution in [1.82, 2.24) is 4.90 Å². The van der Waals surface area contributed by atoms with Crippen molar-refractivity contribution in [3.8, 4) is 0 Å². The van der Waals surface area contributed by atoms with E-state index in [2.05, 4.69) is 21.9 Å². The number of hydrogen-bond acceptors (Lipinski definition) is 3. The highest BCUT2D eigenvalue weighted by Gasteiger charge is 2.16. The number of ketones is 1. The molecule has 18 heavy (non-hydrogen) atoms. The standard InChI is InChI=1S/C14H19ClN2O/c1-12(18)6-7-16-8-10-17(11-9-16)14-4-2-13(15)3-5-14/h2-5H,6-11H2,1H3. The molecular weight excluding hydrogens is 248 g/mol. The molecule has 0 atom stereocenters. The van der Waals surface area contributed by atoms with E-state index < -0.39 is 0 Å². The van der Waals surface area contributed by atoms with Crippen LogP contribution in [0.1, 0.15) is 13.3 Å². The van der Waals surface area contributed by atoms with Crippen LogP contribution in [0.2, 0.25) is 5.02 Å². The maximum atomic E-state index is 11.0. The molecule has 1 aromatic rings. The monoisotopic (exact) mass is 266 g/mol. The van der Waals surface area contributed by atoms with Gasteiger partial charge in [0.05, 0.1) is 0 Å². The van der Waals surface area contributed by atoms with Gasteiger partial charge in [0.15, 0.2) is 0 Å². The number of hydrogen-bond donors (Lipinski definition) is 0. The lowest BCUT2D eigenvalue weighted by molar-refractivity contribution is -0.117. The van der Waals surface area contributed by atoms with E-state index in [1.807, 2.05) is 12.1 Å². The highest BCUT2D eigenvalue weighted by Crippen LogP contribution is 2.19. The maximum absolute atomic E-state index is 11.0. The van der Waals surface area contributed by atoms with Gasteiger partial charge in [0.2, 0.25) is 0 Å². The predicted molar refractivity (Wildman–Crippen MR) is 75.4 cm³/mol. The van der Waals surface area contributed by atoms with E-state index in [1.165, 1.54) is 5.69 Å². The Labute approximate surface area is 113 Å². The van der Waals surface area contributed by atoms with Gasteiger partial charge in [-0.15, -0.1) is 0 Å². The number of halogens is 1. The largest absolute Gasteiger partial charge is 0.369 e. The fourth-order valence-electron chi connectivity index (χ4n) is 2.20. The molecule has 0 unspecified atom stereocenters. The predicted octanol–water partition coefficient (Wildman–Crippen LogP) is 2.44. The minimum absolute atomic E-state index is 0.273. The summed E-state index contributed by atoms with van der Waals surface area (Å²) in [5, 5.41) is 0.777. The van der Waals surface area contributed by atoms with Crippen LogP contribution in [-0.4, -0.2) is 43.4 Å². The van der Waals surface area contributed by atoms with Gasteiger partial charge in [0, 0.05) is 49.9 Å². The zero-order valence-electron chi connectivity index (χ0n) is 10.7. The third-order valence-corrected chi connectivity index (χ3v) is 3.60. The maximum Gasteiger partial charge on any atom is 0.131 e. The zero-order valence-corrected chi connectivity index (χ0v) is 11.5. The topological polar surface area (TPSA) is 23.6 Å². The number of benzene rings is 1. The summed E-state index contributed by atoms with van der Waals surface area (Å²) in [5.41, 5.74) is 1.23. The summed E-state index contributed by atoms with van der Waals surface area (Å²) < 4.78 is 0. The summed E-state index contributed by atoms with van der Waals surface area (Å²) in [4.78, 5) is 15.7. The first-order valence-corrected chi connectivity index (χ1v) is 6.75. The Morgan fingerprint density at radius 2 is 1.78 bits per heavy atom. The third kappa shape index (κ3) is 3.72. The summed E-state index contributed by atoms with van der Waals surface area (Å²) in [6, 6.07) is 7.99. The number of piperazine rings is 1. The van der Waals surface area contributed by atoms with Gasteiger partial charge in [0.1, 0.15) is 5.78 Å². The lowest BCUT2D eigenvalue weighted by Gasteiger charge is -2.36. The van der Waals surface area contributed by atoms with Crippen molar-refractivity contribution < 1.29 is 4.79 Å². The van der Waals surface area contributed by atoms with Gasteiger partial charge in [0.25, 0.3) is 0 Å². The Balaban J connectivity index is 1.83. The summed E-state index contributed by atoms with van der Waals surface area (Å²) in [5.74, 6) is 0.273. The van der Waals surface area contributed by atoms with E-state index in [9.17, 15) is 4.79 Å². The summed E-state index contributed by atoms with van der Waals surface area (Å²) in [6.45, 7) is 6.62. The lowest BCUT2D eigenvalue weighted by atomic mass is 10.2. The first kappa shape index (κ1) is 13.4. The van der Waals surface area contributed by atoms with Crippen LogP contribution < -0.4 is 4.90 Å². The van der Waals surface area contributed by atoms with Gasteiger partial charge in [-0.3, -0.25) is 9.69 Å². The molecule has 1 aliphatic rings. The Morgan fingerprint density at radius 1 is 1.17 bits per heavy atom. The molecule has 1 aliphatic heterocycles. The molecule has 1 aromatic carbocycles. The van der Waals surface area contributed by atoms with Crippen molar-refractivity contribution in [1.29, 1.82) is 0 Å². The van der Waals surface area contributed by atoms with E-state index in [4.69, 9.17) is 11.6 Å². The van der Waals surface area contributed by atoms with Crippen molar-refractivity contribution in [3.05, 3.63) is 29.3 Å². The Bertz CT molecular complexity index is 397. The van der Waals surface area contributed by atoms with Crippen LogP contribution in [0.5, 0.6) is 0 Å². The number of nitrogens with zero attached hydrogens (tertiary/aromatic N) is 2. The smallest absolute Gasteiger partial charge is 0.131 e. The van der Waals surface area contributed by atoms with E-state index in [1.54, 1.807) is 6.92 Å². The highest BCUT2D eigenvalue weighted by molar-refractivity contribution is 6.30. The fraction of sp³-hybridized carbons (Fsp3) is 0.500. The Hall–Kier alpha value is -1.06.